The zero-order valence-electron chi connectivity index (χ0n) is 12.2. The van der Waals surface area contributed by atoms with Crippen molar-refractivity contribution >= 4 is 11.6 Å². The standard InChI is InChI=1S/C16H20ClN3O/c1-18-14-3-2-8-20(10-14)11-15-9-16(19-21-15)12-4-6-13(17)7-5-12/h4-7,9,14,18H,2-3,8,10-11H2,1H3. The zero-order valence-corrected chi connectivity index (χ0v) is 12.9. The molecule has 1 aliphatic heterocycles. The van der Waals surface area contributed by atoms with Crippen LogP contribution in [-0.4, -0.2) is 36.2 Å². The van der Waals surface area contributed by atoms with Crippen LogP contribution in [0.25, 0.3) is 11.3 Å². The summed E-state index contributed by atoms with van der Waals surface area (Å²) in [5, 5.41) is 8.25. The van der Waals surface area contributed by atoms with E-state index >= 15 is 0 Å². The largest absolute Gasteiger partial charge is 0.359 e. The Labute approximate surface area is 130 Å². The van der Waals surface area contributed by atoms with E-state index in [-0.39, 0.29) is 0 Å². The van der Waals surface area contributed by atoms with Crippen LogP contribution in [0, 0.1) is 0 Å². The van der Waals surface area contributed by atoms with Crippen LogP contribution in [0.1, 0.15) is 18.6 Å². The molecule has 0 saturated carbocycles. The minimum atomic E-state index is 0.581. The van der Waals surface area contributed by atoms with E-state index in [1.807, 2.05) is 37.4 Å². The molecule has 1 saturated heterocycles. The smallest absolute Gasteiger partial charge is 0.151 e. The normalized spacial score (nSPS) is 19.8. The Morgan fingerprint density at radius 2 is 2.19 bits per heavy atom. The fourth-order valence-corrected chi connectivity index (χ4v) is 2.93. The molecule has 1 aliphatic rings. The maximum atomic E-state index is 5.90. The molecule has 112 valence electrons. The lowest BCUT2D eigenvalue weighted by Gasteiger charge is -2.31. The number of aromatic nitrogens is 1. The summed E-state index contributed by atoms with van der Waals surface area (Å²) in [4.78, 5) is 2.41. The summed E-state index contributed by atoms with van der Waals surface area (Å²) in [6, 6.07) is 10.3. The van der Waals surface area contributed by atoms with Crippen molar-refractivity contribution in [1.82, 2.24) is 15.4 Å². The van der Waals surface area contributed by atoms with E-state index < -0.39 is 0 Å². The maximum Gasteiger partial charge on any atom is 0.151 e. The first-order valence-corrected chi connectivity index (χ1v) is 7.73. The highest BCUT2D eigenvalue weighted by Gasteiger charge is 2.19. The van der Waals surface area contributed by atoms with Gasteiger partial charge >= 0.3 is 0 Å². The first-order chi connectivity index (χ1) is 10.2. The summed E-state index contributed by atoms with van der Waals surface area (Å²) >= 11 is 5.90. The van der Waals surface area contributed by atoms with Crippen molar-refractivity contribution in [3.05, 3.63) is 41.1 Å². The lowest BCUT2D eigenvalue weighted by molar-refractivity contribution is 0.170. The average Bonchev–Trinajstić information content (AvgIpc) is 2.96. The number of rotatable bonds is 4. The molecule has 1 fully saturated rings. The van der Waals surface area contributed by atoms with Crippen molar-refractivity contribution in [1.29, 1.82) is 0 Å². The van der Waals surface area contributed by atoms with Crippen molar-refractivity contribution < 1.29 is 4.52 Å². The van der Waals surface area contributed by atoms with Crippen LogP contribution in [0.15, 0.2) is 34.9 Å². The number of hydrogen-bond donors (Lipinski definition) is 1. The fourth-order valence-electron chi connectivity index (χ4n) is 2.80. The first kappa shape index (κ1) is 14.6. The number of likely N-dealkylation sites (tertiary alicyclic amines) is 1. The van der Waals surface area contributed by atoms with Crippen molar-refractivity contribution in [3.63, 3.8) is 0 Å². The third kappa shape index (κ3) is 3.64. The van der Waals surface area contributed by atoms with Gasteiger partial charge in [0.1, 0.15) is 5.69 Å². The number of benzene rings is 1. The van der Waals surface area contributed by atoms with Gasteiger partial charge < -0.3 is 9.84 Å². The third-order valence-corrected chi connectivity index (χ3v) is 4.24. The Kier molecular flexibility index (Phi) is 4.58. The quantitative estimate of drug-likeness (QED) is 0.942. The van der Waals surface area contributed by atoms with Crippen LogP contribution < -0.4 is 5.32 Å². The summed E-state index contributed by atoms with van der Waals surface area (Å²) in [6.07, 6.45) is 2.48. The molecule has 1 aromatic carbocycles. The van der Waals surface area contributed by atoms with E-state index in [4.69, 9.17) is 16.1 Å². The number of hydrogen-bond acceptors (Lipinski definition) is 4. The number of piperidine rings is 1. The molecule has 4 nitrogen and oxygen atoms in total. The Morgan fingerprint density at radius 3 is 2.95 bits per heavy atom. The van der Waals surface area contributed by atoms with Gasteiger partial charge in [0.15, 0.2) is 5.76 Å². The predicted octanol–water partition coefficient (Wildman–Crippen LogP) is 3.18. The number of nitrogens with zero attached hydrogens (tertiary/aromatic N) is 2. The van der Waals surface area contributed by atoms with Gasteiger partial charge in [-0.15, -0.1) is 0 Å². The Bertz CT molecular complexity index is 581. The van der Waals surface area contributed by atoms with Crippen LogP contribution in [0.5, 0.6) is 0 Å². The zero-order chi connectivity index (χ0) is 14.7. The fraction of sp³-hybridized carbons (Fsp3) is 0.438. The Morgan fingerprint density at radius 1 is 1.38 bits per heavy atom. The highest BCUT2D eigenvalue weighted by atomic mass is 35.5. The second-order valence-electron chi connectivity index (χ2n) is 5.55. The van der Waals surface area contributed by atoms with Crippen LogP contribution in [0.3, 0.4) is 0 Å². The molecule has 2 heterocycles. The van der Waals surface area contributed by atoms with Gasteiger partial charge in [-0.3, -0.25) is 4.90 Å². The summed E-state index contributed by atoms with van der Waals surface area (Å²) in [7, 11) is 2.03. The average molecular weight is 306 g/mol. The molecule has 0 radical (unpaired) electrons. The number of nitrogens with one attached hydrogen (secondary N) is 1. The van der Waals surface area contributed by atoms with E-state index in [9.17, 15) is 0 Å². The van der Waals surface area contributed by atoms with Gasteiger partial charge in [0, 0.05) is 29.2 Å². The first-order valence-electron chi connectivity index (χ1n) is 7.36. The highest BCUT2D eigenvalue weighted by molar-refractivity contribution is 6.30. The molecule has 0 aliphatic carbocycles. The topological polar surface area (TPSA) is 41.3 Å². The van der Waals surface area contributed by atoms with Gasteiger partial charge in [0.2, 0.25) is 0 Å². The van der Waals surface area contributed by atoms with E-state index in [0.29, 0.717) is 6.04 Å². The van der Waals surface area contributed by atoms with Crippen LogP contribution >= 0.6 is 11.6 Å². The lowest BCUT2D eigenvalue weighted by atomic mass is 10.1. The second-order valence-corrected chi connectivity index (χ2v) is 5.98. The molecule has 5 heteroatoms. The molecule has 1 unspecified atom stereocenters. The molecule has 0 spiro atoms. The van der Waals surface area contributed by atoms with Gasteiger partial charge in [-0.1, -0.05) is 28.9 Å². The van der Waals surface area contributed by atoms with E-state index in [1.54, 1.807) is 0 Å². The highest BCUT2D eigenvalue weighted by Crippen LogP contribution is 2.22. The van der Waals surface area contributed by atoms with Crippen molar-refractivity contribution in [2.24, 2.45) is 0 Å². The molecule has 1 N–H and O–H groups in total. The minimum Gasteiger partial charge on any atom is -0.359 e. The molecule has 0 bridgehead atoms. The Balaban J connectivity index is 1.66. The second kappa shape index (κ2) is 6.60. The third-order valence-electron chi connectivity index (χ3n) is 3.99. The molecule has 1 aromatic heterocycles. The van der Waals surface area contributed by atoms with Gasteiger partial charge in [-0.25, -0.2) is 0 Å². The predicted molar refractivity (Wildman–Crippen MR) is 84.3 cm³/mol. The van der Waals surface area contributed by atoms with Crippen LogP contribution in [0.2, 0.25) is 5.02 Å². The van der Waals surface area contributed by atoms with Crippen molar-refractivity contribution in [2.75, 3.05) is 20.1 Å². The van der Waals surface area contributed by atoms with E-state index in [1.165, 1.54) is 12.8 Å². The molecule has 3 rings (SSSR count). The van der Waals surface area contributed by atoms with Crippen molar-refractivity contribution in [3.8, 4) is 11.3 Å². The van der Waals surface area contributed by atoms with E-state index in [2.05, 4.69) is 15.4 Å². The minimum absolute atomic E-state index is 0.581. The van der Waals surface area contributed by atoms with Gasteiger partial charge in [-0.05, 0) is 38.6 Å². The summed E-state index contributed by atoms with van der Waals surface area (Å²) < 4.78 is 5.48. The summed E-state index contributed by atoms with van der Waals surface area (Å²) in [5.74, 6) is 0.914. The molecular formula is C16H20ClN3O. The molecule has 0 amide bonds. The monoisotopic (exact) mass is 305 g/mol. The molecule has 2 aromatic rings. The SMILES string of the molecule is CNC1CCCN(Cc2cc(-c3ccc(Cl)cc3)no2)C1. The van der Waals surface area contributed by atoms with Gasteiger partial charge in [-0.2, -0.15) is 0 Å². The molecule has 21 heavy (non-hydrogen) atoms. The Hall–Kier alpha value is -1.36. The molecule has 1 atom stereocenters. The number of likely N-dealkylation sites (N-methyl/N-ethyl adjacent to an activating group) is 1. The van der Waals surface area contributed by atoms with E-state index in [0.717, 1.165) is 41.7 Å². The van der Waals surface area contributed by atoms with Crippen molar-refractivity contribution in [2.45, 2.75) is 25.4 Å². The van der Waals surface area contributed by atoms with Gasteiger partial charge in [0.25, 0.3) is 0 Å². The maximum absolute atomic E-state index is 5.90. The van der Waals surface area contributed by atoms with Crippen LogP contribution in [-0.2, 0) is 6.54 Å². The molecular weight excluding hydrogens is 286 g/mol. The summed E-state index contributed by atoms with van der Waals surface area (Å²) in [5.41, 5.74) is 1.89. The van der Waals surface area contributed by atoms with Crippen LogP contribution in [0.4, 0.5) is 0 Å². The number of halogens is 1. The lowest BCUT2D eigenvalue weighted by Crippen LogP contribution is -2.43. The summed E-state index contributed by atoms with van der Waals surface area (Å²) in [6.45, 7) is 3.00. The van der Waals surface area contributed by atoms with Gasteiger partial charge in [0.05, 0.1) is 6.54 Å².